The second-order valence-corrected chi connectivity index (χ2v) is 11.5. The average molecular weight is 711 g/mol. The maximum absolute atomic E-state index is 13.1. The van der Waals surface area contributed by atoms with E-state index in [0.717, 1.165) is 45.0 Å². The zero-order valence-electron chi connectivity index (χ0n) is 20.8. The van der Waals surface area contributed by atoms with Crippen molar-refractivity contribution in [3.05, 3.63) is 37.7 Å². The maximum atomic E-state index is 13.1. The zero-order valence-corrected chi connectivity index (χ0v) is 25.6. The van der Waals surface area contributed by atoms with Crippen LogP contribution in [0.25, 0.3) is 0 Å². The van der Waals surface area contributed by atoms with Crippen LogP contribution in [0.1, 0.15) is 38.5 Å². The maximum Gasteiger partial charge on any atom is 0.328 e. The summed E-state index contributed by atoms with van der Waals surface area (Å²) < 4.78 is 2.79. The van der Waals surface area contributed by atoms with E-state index < -0.39 is 11.9 Å². The molecule has 0 spiro atoms. The van der Waals surface area contributed by atoms with Crippen LogP contribution in [-0.2, 0) is 9.59 Å². The van der Waals surface area contributed by atoms with Crippen LogP contribution < -0.4 is 10.2 Å². The molecule has 0 atom stereocenters. The highest BCUT2D eigenvalue weighted by atomic mass is 79.9. The number of benzene rings is 1. The van der Waals surface area contributed by atoms with Crippen LogP contribution in [0.15, 0.2) is 37.7 Å². The highest BCUT2D eigenvalue weighted by Gasteiger charge is 2.22. The van der Waals surface area contributed by atoms with Crippen LogP contribution in [-0.4, -0.2) is 90.3 Å². The highest BCUT2D eigenvalue weighted by molar-refractivity contribution is 9.11. The predicted molar refractivity (Wildman–Crippen MR) is 155 cm³/mol. The lowest BCUT2D eigenvalue weighted by Gasteiger charge is -2.27. The summed E-state index contributed by atoms with van der Waals surface area (Å²) in [5, 5.41) is 18.8. The van der Waals surface area contributed by atoms with E-state index in [-0.39, 0.29) is 6.03 Å². The number of carboxylic acids is 2. The number of hydrogen-bond donors (Lipinski definition) is 3. The number of amides is 2. The Morgan fingerprint density at radius 1 is 0.838 bits per heavy atom. The van der Waals surface area contributed by atoms with Gasteiger partial charge in [-0.3, -0.25) is 4.90 Å². The molecule has 1 aromatic rings. The highest BCUT2D eigenvalue weighted by Crippen LogP contribution is 2.37. The van der Waals surface area contributed by atoms with Gasteiger partial charge in [-0.25, -0.2) is 14.4 Å². The van der Waals surface area contributed by atoms with Gasteiger partial charge in [-0.15, -0.1) is 0 Å². The summed E-state index contributed by atoms with van der Waals surface area (Å²) in [5.41, 5.74) is 0.895. The summed E-state index contributed by atoms with van der Waals surface area (Å²) in [6.45, 7) is 8.32. The van der Waals surface area contributed by atoms with E-state index in [1.807, 2.05) is 17.0 Å². The van der Waals surface area contributed by atoms with Crippen molar-refractivity contribution in [3.63, 3.8) is 0 Å². The van der Waals surface area contributed by atoms with Crippen molar-refractivity contribution in [1.82, 2.24) is 15.1 Å². The van der Waals surface area contributed by atoms with Gasteiger partial charge in [-0.2, -0.15) is 0 Å². The molecule has 2 amide bonds. The number of urea groups is 1. The van der Waals surface area contributed by atoms with Crippen LogP contribution >= 0.6 is 47.8 Å². The number of halogens is 3. The van der Waals surface area contributed by atoms with Crippen LogP contribution in [0.5, 0.6) is 0 Å². The summed E-state index contributed by atoms with van der Waals surface area (Å²) in [4.78, 5) is 39.1. The largest absolute Gasteiger partial charge is 0.478 e. The number of nitrogens with one attached hydrogen (secondary N) is 1. The Labute approximate surface area is 243 Å². The number of nitrogens with zero attached hydrogens (tertiary/aromatic N) is 3. The van der Waals surface area contributed by atoms with E-state index >= 15 is 0 Å². The molecule has 0 aromatic heterocycles. The molecule has 2 saturated heterocycles. The van der Waals surface area contributed by atoms with Crippen LogP contribution in [0.3, 0.4) is 0 Å². The summed E-state index contributed by atoms with van der Waals surface area (Å²) in [6, 6.07) is 3.97. The third-order valence-corrected chi connectivity index (χ3v) is 7.71. The van der Waals surface area contributed by atoms with Gasteiger partial charge in [0, 0.05) is 38.7 Å². The molecule has 3 rings (SSSR count). The molecule has 2 aliphatic rings. The van der Waals surface area contributed by atoms with E-state index in [4.69, 9.17) is 10.2 Å². The molecule has 0 saturated carbocycles. The molecule has 2 heterocycles. The van der Waals surface area contributed by atoms with Gasteiger partial charge in [0.1, 0.15) is 0 Å². The molecule has 206 valence electrons. The van der Waals surface area contributed by atoms with Crippen LogP contribution in [0, 0.1) is 0 Å². The number of rotatable bonds is 11. The van der Waals surface area contributed by atoms with E-state index in [1.165, 1.54) is 51.9 Å². The van der Waals surface area contributed by atoms with Crippen molar-refractivity contribution < 1.29 is 24.6 Å². The second-order valence-electron chi connectivity index (χ2n) is 8.92. The third kappa shape index (κ3) is 12.3. The minimum atomic E-state index is -1.26. The normalized spacial score (nSPS) is 16.0. The van der Waals surface area contributed by atoms with Crippen LogP contribution in [0.2, 0.25) is 0 Å². The fraction of sp³-hybridized carbons (Fsp3) is 0.560. The first kappa shape index (κ1) is 31.7. The Morgan fingerprint density at radius 2 is 1.30 bits per heavy atom. The molecule has 9 nitrogen and oxygen atoms in total. The van der Waals surface area contributed by atoms with Gasteiger partial charge < -0.3 is 25.3 Å². The second kappa shape index (κ2) is 17.2. The van der Waals surface area contributed by atoms with Gasteiger partial charge in [-0.05, 0) is 122 Å². The van der Waals surface area contributed by atoms with Gasteiger partial charge in [0.25, 0.3) is 0 Å². The SMILES string of the molecule is O=C(NCCCN1CCCC1)N(CCCN1CCCC1)c1c(Br)cc(Br)cc1Br.O=C(O)C=CC(=O)O. The molecule has 2 fully saturated rings. The molecule has 1 aromatic carbocycles. The van der Waals surface area contributed by atoms with E-state index in [2.05, 4.69) is 62.9 Å². The molecule has 0 bridgehead atoms. The van der Waals surface area contributed by atoms with Crippen molar-refractivity contribution in [2.75, 3.05) is 57.3 Å². The summed E-state index contributed by atoms with van der Waals surface area (Å²) in [5.74, 6) is -2.51. The Hall–Kier alpha value is -1.47. The Morgan fingerprint density at radius 3 is 1.76 bits per heavy atom. The lowest BCUT2D eigenvalue weighted by Crippen LogP contribution is -2.42. The molecule has 3 N–H and O–H groups in total. The monoisotopic (exact) mass is 708 g/mol. The van der Waals surface area contributed by atoms with Crippen LogP contribution in [0.4, 0.5) is 10.5 Å². The lowest BCUT2D eigenvalue weighted by molar-refractivity contribution is -0.134. The fourth-order valence-corrected chi connectivity index (χ4v) is 6.99. The number of likely N-dealkylation sites (tertiary alicyclic amines) is 2. The molecule has 0 radical (unpaired) electrons. The molecule has 0 aliphatic carbocycles. The van der Waals surface area contributed by atoms with Gasteiger partial charge in [0.05, 0.1) is 5.69 Å². The first-order valence-electron chi connectivity index (χ1n) is 12.5. The quantitative estimate of drug-likeness (QED) is 0.215. The number of carbonyl (C=O) groups is 3. The first-order chi connectivity index (χ1) is 17.7. The summed E-state index contributed by atoms with van der Waals surface area (Å²) in [6.07, 6.45) is 8.29. The predicted octanol–water partition coefficient (Wildman–Crippen LogP) is 5.17. The van der Waals surface area contributed by atoms with Crippen molar-refractivity contribution >= 4 is 71.4 Å². The number of anilines is 1. The Bertz CT molecular complexity index is 896. The third-order valence-electron chi connectivity index (χ3n) is 6.05. The van der Waals surface area contributed by atoms with E-state index in [1.54, 1.807) is 0 Å². The molecule has 37 heavy (non-hydrogen) atoms. The summed E-state index contributed by atoms with van der Waals surface area (Å²) in [7, 11) is 0. The first-order valence-corrected chi connectivity index (χ1v) is 14.8. The van der Waals surface area contributed by atoms with E-state index in [9.17, 15) is 14.4 Å². The molecular formula is C25H35Br3N4O5. The van der Waals surface area contributed by atoms with Gasteiger partial charge in [-0.1, -0.05) is 15.9 Å². The average Bonchev–Trinajstić information content (AvgIpc) is 3.53. The van der Waals surface area contributed by atoms with E-state index in [0.29, 0.717) is 25.2 Å². The summed E-state index contributed by atoms with van der Waals surface area (Å²) >= 11 is 10.8. The van der Waals surface area contributed by atoms with Gasteiger partial charge in [0.15, 0.2) is 0 Å². The molecule has 2 aliphatic heterocycles. The smallest absolute Gasteiger partial charge is 0.328 e. The zero-order chi connectivity index (χ0) is 27.2. The van der Waals surface area contributed by atoms with Crippen molar-refractivity contribution in [2.24, 2.45) is 0 Å². The number of hydrogen-bond acceptors (Lipinski definition) is 5. The van der Waals surface area contributed by atoms with Crippen molar-refractivity contribution in [3.8, 4) is 0 Å². The number of carbonyl (C=O) groups excluding carboxylic acids is 1. The van der Waals surface area contributed by atoms with Gasteiger partial charge >= 0.3 is 18.0 Å². The van der Waals surface area contributed by atoms with Gasteiger partial charge in [0.2, 0.25) is 0 Å². The topological polar surface area (TPSA) is 113 Å². The number of carboxylic acid groups (broad SMARTS) is 2. The lowest BCUT2D eigenvalue weighted by atomic mass is 10.2. The Kier molecular flexibility index (Phi) is 14.7. The standard InChI is InChI=1S/C21H31Br3N4O.C4H4O4/c22-17-15-18(23)20(19(24)16-17)28(14-6-13-27-10-3-4-11-27)21(29)25-7-5-12-26-8-1-2-9-26;5-3(6)1-2-4(7)8/h15-16H,1-14H2,(H,25,29);1-2H,(H,5,6)(H,7,8). The Balaban J connectivity index is 0.000000521. The molecular weight excluding hydrogens is 676 g/mol. The van der Waals surface area contributed by atoms with Crippen molar-refractivity contribution in [1.29, 1.82) is 0 Å². The number of aliphatic carboxylic acids is 2. The minimum absolute atomic E-state index is 0.0171. The molecule has 0 unspecified atom stereocenters. The van der Waals surface area contributed by atoms with Crippen molar-refractivity contribution in [2.45, 2.75) is 38.5 Å². The fourth-order valence-electron chi connectivity index (χ4n) is 4.31. The molecule has 12 heteroatoms. The minimum Gasteiger partial charge on any atom is -0.478 e.